The van der Waals surface area contributed by atoms with Crippen LogP contribution in [0.2, 0.25) is 0 Å². The highest BCUT2D eigenvalue weighted by Crippen LogP contribution is 2.48. The zero-order valence-electron chi connectivity index (χ0n) is 23.3. The minimum atomic E-state index is -0.0433. The fraction of sp³-hybridized carbons (Fsp3) is 0.515. The van der Waals surface area contributed by atoms with E-state index < -0.39 is 0 Å². The van der Waals surface area contributed by atoms with Crippen LogP contribution in [0.1, 0.15) is 87.6 Å². The number of benzene rings is 2. The average Bonchev–Trinajstić information content (AvgIpc) is 3.67. The number of hydrogen-bond acceptors (Lipinski definition) is 3. The molecule has 1 heterocycles. The van der Waals surface area contributed by atoms with Gasteiger partial charge in [-0.15, -0.1) is 0 Å². The lowest BCUT2D eigenvalue weighted by molar-refractivity contribution is -0.271. The van der Waals surface area contributed by atoms with Crippen molar-refractivity contribution in [3.8, 4) is 0 Å². The molecule has 3 heteroatoms. The van der Waals surface area contributed by atoms with E-state index in [0.717, 1.165) is 32.3 Å². The molecule has 0 N–H and O–H groups in total. The highest BCUT2D eigenvalue weighted by atomic mass is 17.2. The monoisotopic (exact) mass is 488 g/mol. The van der Waals surface area contributed by atoms with Gasteiger partial charge in [0, 0.05) is 11.3 Å². The summed E-state index contributed by atoms with van der Waals surface area (Å²) in [5.74, 6) is 0.846. The van der Waals surface area contributed by atoms with Crippen molar-refractivity contribution in [3.63, 3.8) is 0 Å². The molecule has 4 rings (SSSR count). The zero-order chi connectivity index (χ0) is 25.9. The number of epoxide rings is 1. The molecule has 0 saturated carbocycles. The van der Waals surface area contributed by atoms with E-state index >= 15 is 0 Å². The van der Waals surface area contributed by atoms with Gasteiger partial charge in [0.05, 0.1) is 20.3 Å². The molecule has 36 heavy (non-hydrogen) atoms. The van der Waals surface area contributed by atoms with E-state index in [-0.39, 0.29) is 11.0 Å². The summed E-state index contributed by atoms with van der Waals surface area (Å²) in [5, 5.41) is 0. The van der Waals surface area contributed by atoms with Crippen LogP contribution in [0, 0.1) is 12.8 Å². The number of aryl methyl sites for hydroxylation is 1. The second-order valence-corrected chi connectivity index (χ2v) is 10.8. The Morgan fingerprint density at radius 2 is 1.72 bits per heavy atom. The van der Waals surface area contributed by atoms with Crippen LogP contribution in [0.4, 0.5) is 0 Å². The van der Waals surface area contributed by atoms with E-state index in [4.69, 9.17) is 14.5 Å². The predicted octanol–water partition coefficient (Wildman–Crippen LogP) is 8.12. The standard InChI is InChI=1S/C33H44O3/c1-8-32(9-2,28-15-16-30(23(4)19-28)33(10-3)22-35-33)29-20-24(5)31(25(6)21-29)27-13-11-26(12-14-27)17-18-36-34-7/h11-16,19-21,24,31H,8-10,17-18,22H2,1-7H3. The Labute approximate surface area is 218 Å². The highest BCUT2D eigenvalue weighted by molar-refractivity contribution is 5.50. The van der Waals surface area contributed by atoms with Crippen molar-refractivity contribution in [3.05, 3.63) is 93.6 Å². The minimum absolute atomic E-state index is 0.0266. The third-order valence-electron chi connectivity index (χ3n) is 8.87. The molecule has 2 aromatic carbocycles. The molecule has 2 aromatic rings. The fourth-order valence-corrected chi connectivity index (χ4v) is 6.52. The van der Waals surface area contributed by atoms with Crippen molar-refractivity contribution < 1.29 is 14.5 Å². The van der Waals surface area contributed by atoms with Crippen LogP contribution in [0.25, 0.3) is 0 Å². The Morgan fingerprint density at radius 3 is 2.25 bits per heavy atom. The molecule has 1 aliphatic carbocycles. The maximum atomic E-state index is 5.89. The lowest BCUT2D eigenvalue weighted by atomic mass is 9.65. The van der Waals surface area contributed by atoms with Gasteiger partial charge in [-0.2, -0.15) is 0 Å². The van der Waals surface area contributed by atoms with Crippen LogP contribution in [-0.4, -0.2) is 20.3 Å². The molecule has 2 aliphatic rings. The number of rotatable bonds is 11. The Morgan fingerprint density at radius 1 is 1.03 bits per heavy atom. The topological polar surface area (TPSA) is 31.0 Å². The van der Waals surface area contributed by atoms with Crippen LogP contribution in [0.15, 0.2) is 65.8 Å². The summed E-state index contributed by atoms with van der Waals surface area (Å²) in [5.41, 5.74) is 9.72. The second-order valence-electron chi connectivity index (χ2n) is 10.8. The van der Waals surface area contributed by atoms with Crippen molar-refractivity contribution in [2.75, 3.05) is 20.3 Å². The Balaban J connectivity index is 1.61. The summed E-state index contributed by atoms with van der Waals surface area (Å²) < 4.78 is 5.89. The summed E-state index contributed by atoms with van der Waals surface area (Å²) in [6.07, 6.45) is 9.09. The average molecular weight is 489 g/mol. The molecular weight excluding hydrogens is 444 g/mol. The second kappa shape index (κ2) is 11.0. The first-order valence-corrected chi connectivity index (χ1v) is 13.7. The summed E-state index contributed by atoms with van der Waals surface area (Å²) >= 11 is 0. The van der Waals surface area contributed by atoms with Gasteiger partial charge in [-0.05, 0) is 78.8 Å². The van der Waals surface area contributed by atoms with Gasteiger partial charge < -0.3 is 4.74 Å². The van der Waals surface area contributed by atoms with Crippen molar-refractivity contribution in [2.24, 2.45) is 5.92 Å². The molecule has 3 atom stereocenters. The maximum absolute atomic E-state index is 5.89. The fourth-order valence-electron chi connectivity index (χ4n) is 6.52. The van der Waals surface area contributed by atoms with E-state index in [1.807, 2.05) is 0 Å². The maximum Gasteiger partial charge on any atom is 0.117 e. The molecule has 0 radical (unpaired) electrons. The normalized spacial score (nSPS) is 23.9. The van der Waals surface area contributed by atoms with E-state index in [0.29, 0.717) is 18.4 Å². The third-order valence-corrected chi connectivity index (χ3v) is 8.87. The minimum Gasteiger partial charge on any atom is -0.365 e. The first-order valence-electron chi connectivity index (χ1n) is 13.7. The van der Waals surface area contributed by atoms with Gasteiger partial charge in [-0.25, -0.2) is 9.78 Å². The van der Waals surface area contributed by atoms with Crippen LogP contribution in [0.3, 0.4) is 0 Å². The molecular formula is C33H44O3. The molecule has 0 bridgehead atoms. The van der Waals surface area contributed by atoms with Crippen LogP contribution >= 0.6 is 0 Å². The zero-order valence-corrected chi connectivity index (χ0v) is 23.3. The first kappa shape index (κ1) is 26.9. The van der Waals surface area contributed by atoms with Crippen molar-refractivity contribution in [1.82, 2.24) is 0 Å². The molecule has 0 spiro atoms. The summed E-state index contributed by atoms with van der Waals surface area (Å²) in [4.78, 5) is 9.75. The van der Waals surface area contributed by atoms with Crippen LogP contribution in [-0.2, 0) is 31.9 Å². The van der Waals surface area contributed by atoms with Crippen LogP contribution < -0.4 is 0 Å². The summed E-state index contributed by atoms with van der Waals surface area (Å²) in [7, 11) is 1.55. The molecule has 1 aliphatic heterocycles. The highest BCUT2D eigenvalue weighted by Gasteiger charge is 2.46. The van der Waals surface area contributed by atoms with Gasteiger partial charge in [0.15, 0.2) is 0 Å². The largest absolute Gasteiger partial charge is 0.365 e. The van der Waals surface area contributed by atoms with Gasteiger partial charge in [0.2, 0.25) is 0 Å². The first-order chi connectivity index (χ1) is 17.3. The number of ether oxygens (including phenoxy) is 1. The predicted molar refractivity (Wildman–Crippen MR) is 148 cm³/mol. The Hall–Kier alpha value is -2.20. The quantitative estimate of drug-likeness (QED) is 0.138. The molecule has 0 aromatic heterocycles. The van der Waals surface area contributed by atoms with Gasteiger partial charge >= 0.3 is 0 Å². The smallest absolute Gasteiger partial charge is 0.117 e. The lowest BCUT2D eigenvalue weighted by Crippen LogP contribution is -2.30. The number of hydrogen-bond donors (Lipinski definition) is 0. The third kappa shape index (κ3) is 4.98. The number of allylic oxidation sites excluding steroid dienone is 4. The Bertz CT molecular complexity index is 1100. The Kier molecular flexibility index (Phi) is 8.24. The van der Waals surface area contributed by atoms with E-state index in [1.54, 1.807) is 7.11 Å². The SMILES string of the molecule is CCC1(c2ccc(C(CC)(CC)C3=CC(C)C(c4ccc(CCOOC)cc4)C(C)=C3)cc2C)CO1. The molecule has 1 fully saturated rings. The summed E-state index contributed by atoms with van der Waals surface area (Å²) in [6.45, 7) is 15.3. The van der Waals surface area contributed by atoms with Gasteiger partial charge in [0.25, 0.3) is 0 Å². The van der Waals surface area contributed by atoms with Gasteiger partial charge in [0.1, 0.15) is 5.60 Å². The molecule has 3 nitrogen and oxygen atoms in total. The van der Waals surface area contributed by atoms with Crippen LogP contribution in [0.5, 0.6) is 0 Å². The van der Waals surface area contributed by atoms with Crippen molar-refractivity contribution >= 4 is 0 Å². The summed E-state index contributed by atoms with van der Waals surface area (Å²) in [6, 6.07) is 16.2. The lowest BCUT2D eigenvalue weighted by Gasteiger charge is -2.39. The van der Waals surface area contributed by atoms with Crippen molar-refractivity contribution in [1.29, 1.82) is 0 Å². The molecule has 194 valence electrons. The van der Waals surface area contributed by atoms with E-state index in [1.165, 1.54) is 39.0 Å². The molecule has 3 unspecified atom stereocenters. The van der Waals surface area contributed by atoms with Crippen molar-refractivity contribution in [2.45, 2.75) is 84.2 Å². The van der Waals surface area contributed by atoms with Gasteiger partial charge in [-0.1, -0.05) is 87.9 Å². The van der Waals surface area contributed by atoms with Gasteiger partial charge in [-0.3, -0.25) is 0 Å². The van der Waals surface area contributed by atoms with E-state index in [2.05, 4.69) is 96.2 Å². The van der Waals surface area contributed by atoms with E-state index in [9.17, 15) is 0 Å². The molecule has 1 saturated heterocycles. The molecule has 0 amide bonds.